The molecule has 1 amide bonds. The van der Waals surface area contributed by atoms with Crippen molar-refractivity contribution in [3.05, 3.63) is 17.5 Å². The van der Waals surface area contributed by atoms with Crippen LogP contribution in [-0.4, -0.2) is 27.0 Å². The Hall–Kier alpha value is -1.69. The molecule has 1 aliphatic carbocycles. The molecule has 96 valence electrons. The number of nitrogens with zero attached hydrogens (tertiary/aromatic N) is 2. The average molecular weight is 270 g/mol. The molecule has 1 aromatic rings. The molecule has 2 rings (SSSR count). The Balaban J connectivity index is 2.08. The third kappa shape index (κ3) is 2.15. The van der Waals surface area contributed by atoms with Gasteiger partial charge in [0, 0.05) is 6.20 Å². The fraction of sp³-hybridized carbons (Fsp3) is 0.455. The monoisotopic (exact) mass is 269 g/mol. The first kappa shape index (κ1) is 12.8. The number of carboxylic acids is 1. The van der Waals surface area contributed by atoms with Crippen LogP contribution in [0.1, 0.15) is 13.8 Å². The summed E-state index contributed by atoms with van der Waals surface area (Å²) in [5, 5.41) is 11.6. The molecule has 1 fully saturated rings. The number of carbonyl (C=O) groups is 2. The van der Waals surface area contributed by atoms with Crippen LogP contribution in [0.15, 0.2) is 12.3 Å². The van der Waals surface area contributed by atoms with Crippen molar-refractivity contribution < 1.29 is 14.7 Å². The van der Waals surface area contributed by atoms with Crippen LogP contribution >= 0.6 is 11.6 Å². The summed E-state index contributed by atoms with van der Waals surface area (Å²) in [5.41, 5.74) is -0.535. The van der Waals surface area contributed by atoms with Gasteiger partial charge in [0.1, 0.15) is 5.82 Å². The summed E-state index contributed by atoms with van der Waals surface area (Å²) in [5.74, 6) is -2.26. The molecule has 0 aliphatic heterocycles. The molecule has 0 radical (unpaired) electrons. The SMILES string of the molecule is CC1(C)C(C(=O)O)C1C(=O)Nc1ccnc(Cl)n1. The highest BCUT2D eigenvalue weighted by molar-refractivity contribution is 6.28. The van der Waals surface area contributed by atoms with E-state index in [0.29, 0.717) is 0 Å². The molecule has 1 aliphatic rings. The predicted molar refractivity (Wildman–Crippen MR) is 64.1 cm³/mol. The lowest BCUT2D eigenvalue weighted by Gasteiger charge is -2.04. The highest BCUT2D eigenvalue weighted by atomic mass is 35.5. The van der Waals surface area contributed by atoms with Crippen molar-refractivity contribution in [3.63, 3.8) is 0 Å². The third-order valence-corrected chi connectivity index (χ3v) is 3.44. The van der Waals surface area contributed by atoms with Gasteiger partial charge in [0.05, 0.1) is 11.8 Å². The standard InChI is InChI=1S/C11H12ClN3O3/c1-11(2)6(7(11)9(17)18)8(16)14-5-3-4-13-10(12)15-5/h3-4,6-7H,1-2H3,(H,17,18)(H,13,14,15,16). The summed E-state index contributed by atoms with van der Waals surface area (Å²) in [6.07, 6.45) is 1.41. The van der Waals surface area contributed by atoms with E-state index in [-0.39, 0.29) is 17.0 Å². The van der Waals surface area contributed by atoms with E-state index in [1.807, 2.05) is 0 Å². The lowest BCUT2D eigenvalue weighted by molar-refractivity contribution is -0.140. The van der Waals surface area contributed by atoms with Gasteiger partial charge in [-0.25, -0.2) is 9.97 Å². The summed E-state index contributed by atoms with van der Waals surface area (Å²) in [6, 6.07) is 1.49. The number of hydrogen-bond donors (Lipinski definition) is 2. The topological polar surface area (TPSA) is 92.2 Å². The van der Waals surface area contributed by atoms with Gasteiger partial charge in [0.15, 0.2) is 0 Å². The smallest absolute Gasteiger partial charge is 0.307 e. The minimum Gasteiger partial charge on any atom is -0.481 e. The molecule has 0 spiro atoms. The normalized spacial score (nSPS) is 24.4. The number of aromatic nitrogens is 2. The molecule has 0 saturated heterocycles. The Morgan fingerprint density at radius 3 is 2.61 bits per heavy atom. The predicted octanol–water partition coefficient (Wildman–Crippen LogP) is 1.43. The van der Waals surface area contributed by atoms with Gasteiger partial charge in [0.25, 0.3) is 0 Å². The molecule has 1 aromatic heterocycles. The molecule has 2 unspecified atom stereocenters. The van der Waals surface area contributed by atoms with E-state index >= 15 is 0 Å². The van der Waals surface area contributed by atoms with Crippen molar-refractivity contribution in [2.75, 3.05) is 5.32 Å². The van der Waals surface area contributed by atoms with E-state index in [9.17, 15) is 9.59 Å². The van der Waals surface area contributed by atoms with Gasteiger partial charge >= 0.3 is 5.97 Å². The number of rotatable bonds is 3. The van der Waals surface area contributed by atoms with Crippen LogP contribution < -0.4 is 5.32 Å². The number of carboxylic acid groups (broad SMARTS) is 1. The minimum absolute atomic E-state index is 0.0256. The van der Waals surface area contributed by atoms with E-state index < -0.39 is 23.2 Å². The highest BCUT2D eigenvalue weighted by Gasteiger charge is 2.65. The summed E-state index contributed by atoms with van der Waals surface area (Å²) in [4.78, 5) is 30.4. The summed E-state index contributed by atoms with van der Waals surface area (Å²) >= 11 is 5.59. The maximum absolute atomic E-state index is 11.9. The molecule has 2 N–H and O–H groups in total. The van der Waals surface area contributed by atoms with E-state index in [1.54, 1.807) is 13.8 Å². The van der Waals surface area contributed by atoms with Crippen molar-refractivity contribution >= 4 is 29.3 Å². The van der Waals surface area contributed by atoms with Gasteiger partial charge in [-0.2, -0.15) is 0 Å². The fourth-order valence-electron chi connectivity index (χ4n) is 2.20. The highest BCUT2D eigenvalue weighted by Crippen LogP contribution is 2.58. The van der Waals surface area contributed by atoms with Crippen LogP contribution in [0.25, 0.3) is 0 Å². The fourth-order valence-corrected chi connectivity index (χ4v) is 2.34. The second kappa shape index (κ2) is 4.20. The van der Waals surface area contributed by atoms with Crippen LogP contribution in [0.2, 0.25) is 5.28 Å². The number of aliphatic carboxylic acids is 1. The third-order valence-electron chi connectivity index (χ3n) is 3.25. The van der Waals surface area contributed by atoms with Crippen LogP contribution in [0.4, 0.5) is 5.82 Å². The number of hydrogen-bond acceptors (Lipinski definition) is 4. The largest absolute Gasteiger partial charge is 0.481 e. The first-order valence-electron chi connectivity index (χ1n) is 5.36. The maximum atomic E-state index is 11.9. The molecule has 18 heavy (non-hydrogen) atoms. The first-order valence-corrected chi connectivity index (χ1v) is 5.74. The van der Waals surface area contributed by atoms with Crippen LogP contribution in [0.5, 0.6) is 0 Å². The zero-order valence-electron chi connectivity index (χ0n) is 9.85. The molecular formula is C11H12ClN3O3. The van der Waals surface area contributed by atoms with Gasteiger partial charge in [-0.05, 0) is 23.1 Å². The molecule has 1 heterocycles. The number of anilines is 1. The van der Waals surface area contributed by atoms with Gasteiger partial charge in [-0.1, -0.05) is 13.8 Å². The van der Waals surface area contributed by atoms with E-state index in [0.717, 1.165) is 0 Å². The van der Waals surface area contributed by atoms with Crippen molar-refractivity contribution in [2.45, 2.75) is 13.8 Å². The Kier molecular flexibility index (Phi) is 2.98. The van der Waals surface area contributed by atoms with Gasteiger partial charge < -0.3 is 10.4 Å². The number of nitrogens with one attached hydrogen (secondary N) is 1. The molecule has 6 nitrogen and oxygen atoms in total. The second-order valence-electron chi connectivity index (χ2n) is 4.82. The second-order valence-corrected chi connectivity index (χ2v) is 5.15. The molecule has 0 bridgehead atoms. The van der Waals surface area contributed by atoms with Gasteiger partial charge in [-0.3, -0.25) is 9.59 Å². The molecule has 2 atom stereocenters. The number of carbonyl (C=O) groups excluding carboxylic acids is 1. The first-order chi connectivity index (χ1) is 8.34. The Morgan fingerprint density at radius 2 is 2.11 bits per heavy atom. The summed E-state index contributed by atoms with van der Waals surface area (Å²) in [6.45, 7) is 3.51. The van der Waals surface area contributed by atoms with Crippen molar-refractivity contribution in [1.29, 1.82) is 0 Å². The Labute approximate surface area is 108 Å². The molecule has 7 heteroatoms. The zero-order chi connectivity index (χ0) is 13.5. The van der Waals surface area contributed by atoms with Crippen molar-refractivity contribution in [3.8, 4) is 0 Å². The Morgan fingerprint density at radius 1 is 1.44 bits per heavy atom. The minimum atomic E-state index is -0.958. The van der Waals surface area contributed by atoms with E-state index in [2.05, 4.69) is 15.3 Å². The lowest BCUT2D eigenvalue weighted by Crippen LogP contribution is -2.18. The lowest BCUT2D eigenvalue weighted by atomic mass is 10.1. The molecule has 1 saturated carbocycles. The van der Waals surface area contributed by atoms with E-state index in [1.165, 1.54) is 12.3 Å². The van der Waals surface area contributed by atoms with Crippen molar-refractivity contribution in [2.24, 2.45) is 17.3 Å². The van der Waals surface area contributed by atoms with Crippen molar-refractivity contribution in [1.82, 2.24) is 9.97 Å². The van der Waals surface area contributed by atoms with Crippen LogP contribution in [0.3, 0.4) is 0 Å². The number of halogens is 1. The van der Waals surface area contributed by atoms with Crippen LogP contribution in [0, 0.1) is 17.3 Å². The Bertz CT molecular complexity index is 518. The average Bonchev–Trinajstić information content (AvgIpc) is 2.81. The van der Waals surface area contributed by atoms with Crippen LogP contribution in [-0.2, 0) is 9.59 Å². The van der Waals surface area contributed by atoms with Gasteiger partial charge in [0.2, 0.25) is 11.2 Å². The summed E-state index contributed by atoms with van der Waals surface area (Å²) in [7, 11) is 0. The van der Waals surface area contributed by atoms with E-state index in [4.69, 9.17) is 16.7 Å². The van der Waals surface area contributed by atoms with Gasteiger partial charge in [-0.15, -0.1) is 0 Å². The molecular weight excluding hydrogens is 258 g/mol. The zero-order valence-corrected chi connectivity index (χ0v) is 10.6. The molecule has 0 aromatic carbocycles. The quantitative estimate of drug-likeness (QED) is 0.810. The maximum Gasteiger partial charge on any atom is 0.307 e. The summed E-state index contributed by atoms with van der Waals surface area (Å²) < 4.78 is 0. The number of amides is 1.